The maximum Gasteiger partial charge on any atom is 0.317 e. The molecule has 0 aliphatic rings. The summed E-state index contributed by atoms with van der Waals surface area (Å²) < 4.78 is 0. The van der Waals surface area contributed by atoms with Crippen molar-refractivity contribution in [1.82, 2.24) is 15.2 Å². The fourth-order valence-corrected chi connectivity index (χ4v) is 3.51. The summed E-state index contributed by atoms with van der Waals surface area (Å²) in [5, 5.41) is 12.9. The second-order valence-electron chi connectivity index (χ2n) is 5.67. The van der Waals surface area contributed by atoms with Crippen LogP contribution in [0.15, 0.2) is 24.3 Å². The summed E-state index contributed by atoms with van der Waals surface area (Å²) in [6.07, 6.45) is 0.906. The number of amides is 2. The fourth-order valence-electron chi connectivity index (χ4n) is 2.41. The van der Waals surface area contributed by atoms with Gasteiger partial charge >= 0.3 is 6.03 Å². The van der Waals surface area contributed by atoms with Gasteiger partial charge in [-0.05, 0) is 38.0 Å². The van der Waals surface area contributed by atoms with Gasteiger partial charge in [-0.3, -0.25) is 0 Å². The maximum absolute atomic E-state index is 12.4. The average Bonchev–Trinajstić information content (AvgIpc) is 2.99. The van der Waals surface area contributed by atoms with Gasteiger partial charge in [0.2, 0.25) is 0 Å². The van der Waals surface area contributed by atoms with Crippen molar-refractivity contribution in [3.05, 3.63) is 51.0 Å². The summed E-state index contributed by atoms with van der Waals surface area (Å²) in [5.41, 5.74) is 2.49. The zero-order valence-electron chi connectivity index (χ0n) is 14.5. The molecule has 6 heteroatoms. The number of benzene rings is 1. The lowest BCUT2D eigenvalue weighted by atomic mass is 10.1. The molecule has 2 rings (SSSR count). The number of carbonyl (C=O) groups excluding carboxylic acids is 1. The summed E-state index contributed by atoms with van der Waals surface area (Å²) in [4.78, 5) is 19.8. The Labute approximate surface area is 146 Å². The first-order valence-electron chi connectivity index (χ1n) is 7.92. The average molecular weight is 342 g/mol. The molecule has 1 aromatic heterocycles. The van der Waals surface area contributed by atoms with Gasteiger partial charge in [0, 0.05) is 18.5 Å². The van der Waals surface area contributed by atoms with E-state index in [9.17, 15) is 4.79 Å². The van der Waals surface area contributed by atoms with Crippen molar-refractivity contribution < 1.29 is 4.79 Å². The quantitative estimate of drug-likeness (QED) is 0.899. The van der Waals surface area contributed by atoms with Crippen LogP contribution in [0.4, 0.5) is 4.79 Å². The molecule has 126 valence electrons. The highest BCUT2D eigenvalue weighted by Gasteiger charge is 2.21. The van der Waals surface area contributed by atoms with Crippen LogP contribution in [0.5, 0.6) is 0 Å². The number of urea groups is 1. The Morgan fingerprint density at radius 3 is 2.88 bits per heavy atom. The molecule has 2 amide bonds. The number of carbonyl (C=O) groups is 1. The van der Waals surface area contributed by atoms with Crippen LogP contribution in [-0.2, 0) is 13.0 Å². The van der Waals surface area contributed by atoms with Gasteiger partial charge in [0.05, 0.1) is 28.4 Å². The minimum atomic E-state index is -0.143. The second-order valence-corrected chi connectivity index (χ2v) is 6.78. The van der Waals surface area contributed by atoms with Crippen molar-refractivity contribution in [2.24, 2.45) is 0 Å². The lowest BCUT2D eigenvalue weighted by Gasteiger charge is -2.24. The molecule has 24 heavy (non-hydrogen) atoms. The monoisotopic (exact) mass is 342 g/mol. The predicted molar refractivity (Wildman–Crippen MR) is 95.8 cm³/mol. The van der Waals surface area contributed by atoms with Gasteiger partial charge in [0.15, 0.2) is 0 Å². The van der Waals surface area contributed by atoms with Crippen LogP contribution in [0.3, 0.4) is 0 Å². The van der Waals surface area contributed by atoms with E-state index in [2.05, 4.69) is 23.3 Å². The van der Waals surface area contributed by atoms with Gasteiger partial charge in [-0.15, -0.1) is 11.3 Å². The molecule has 2 aromatic rings. The first-order chi connectivity index (χ1) is 11.5. The van der Waals surface area contributed by atoms with Crippen molar-refractivity contribution >= 4 is 17.4 Å². The minimum absolute atomic E-state index is 0.0340. The number of nitrogens with zero attached hydrogens (tertiary/aromatic N) is 3. The van der Waals surface area contributed by atoms with Gasteiger partial charge in [-0.25, -0.2) is 9.78 Å². The number of thiazole rings is 1. The van der Waals surface area contributed by atoms with Crippen molar-refractivity contribution in [2.45, 2.75) is 39.8 Å². The van der Waals surface area contributed by atoms with Crippen molar-refractivity contribution in [3.8, 4) is 6.07 Å². The molecule has 0 radical (unpaired) electrons. The number of nitrogens with one attached hydrogen (secondary N) is 1. The molecular formula is C18H22N4OS. The Balaban J connectivity index is 2.00. The van der Waals surface area contributed by atoms with E-state index in [1.165, 1.54) is 0 Å². The van der Waals surface area contributed by atoms with Crippen molar-refractivity contribution in [2.75, 3.05) is 7.05 Å². The van der Waals surface area contributed by atoms with Gasteiger partial charge in [-0.1, -0.05) is 19.1 Å². The van der Waals surface area contributed by atoms with Crippen LogP contribution < -0.4 is 5.32 Å². The highest BCUT2D eigenvalue weighted by atomic mass is 32.1. The van der Waals surface area contributed by atoms with Crippen LogP contribution in [0.2, 0.25) is 0 Å². The Kier molecular flexibility index (Phi) is 5.93. The van der Waals surface area contributed by atoms with Gasteiger partial charge in [0.1, 0.15) is 0 Å². The number of aryl methyl sites for hydroxylation is 2. The first kappa shape index (κ1) is 18.0. The number of nitriles is 1. The van der Waals surface area contributed by atoms with E-state index in [-0.39, 0.29) is 12.1 Å². The number of hydrogen-bond donors (Lipinski definition) is 1. The smallest absolute Gasteiger partial charge is 0.317 e. The molecule has 1 atom stereocenters. The number of aromatic nitrogens is 1. The standard InChI is InChI=1S/C18H22N4OS/c1-5-16-21-12(2)17(24-16)13(3)22(4)18(23)20-11-15-8-6-7-14(9-15)10-19/h6-9,13H,5,11H2,1-4H3,(H,20,23)/t13-/m1/s1. The molecular weight excluding hydrogens is 320 g/mol. The SMILES string of the molecule is CCc1nc(C)c([C@@H](C)N(C)C(=O)NCc2cccc(C#N)c2)s1. The fraction of sp³-hybridized carbons (Fsp3) is 0.389. The molecule has 0 unspecified atom stereocenters. The highest BCUT2D eigenvalue weighted by Crippen LogP contribution is 2.28. The molecule has 1 aromatic carbocycles. The summed E-state index contributed by atoms with van der Waals surface area (Å²) in [7, 11) is 1.79. The zero-order chi connectivity index (χ0) is 17.7. The topological polar surface area (TPSA) is 69.0 Å². The molecule has 0 saturated heterocycles. The second kappa shape index (κ2) is 7.93. The van der Waals surface area contributed by atoms with Crippen LogP contribution in [-0.4, -0.2) is 23.0 Å². The summed E-state index contributed by atoms with van der Waals surface area (Å²) in [5.74, 6) is 0. The van der Waals surface area contributed by atoms with E-state index >= 15 is 0 Å². The Morgan fingerprint density at radius 2 is 2.25 bits per heavy atom. The van der Waals surface area contributed by atoms with E-state index in [0.717, 1.165) is 27.6 Å². The third kappa shape index (κ3) is 4.12. The van der Waals surface area contributed by atoms with Crippen LogP contribution >= 0.6 is 11.3 Å². The van der Waals surface area contributed by atoms with Gasteiger partial charge in [-0.2, -0.15) is 5.26 Å². The normalized spacial score (nSPS) is 11.6. The summed E-state index contributed by atoms with van der Waals surface area (Å²) >= 11 is 1.66. The molecule has 0 saturated carbocycles. The molecule has 1 N–H and O–H groups in total. The zero-order valence-corrected chi connectivity index (χ0v) is 15.3. The lowest BCUT2D eigenvalue weighted by molar-refractivity contribution is 0.194. The molecule has 0 aliphatic carbocycles. The Morgan fingerprint density at radius 1 is 1.50 bits per heavy atom. The lowest BCUT2D eigenvalue weighted by Crippen LogP contribution is -2.38. The van der Waals surface area contributed by atoms with E-state index in [1.54, 1.807) is 35.4 Å². The highest BCUT2D eigenvalue weighted by molar-refractivity contribution is 7.11. The van der Waals surface area contributed by atoms with E-state index in [0.29, 0.717) is 12.1 Å². The van der Waals surface area contributed by atoms with E-state index < -0.39 is 0 Å². The Hall–Kier alpha value is -2.39. The van der Waals surface area contributed by atoms with Gasteiger partial charge in [0.25, 0.3) is 0 Å². The number of rotatable bonds is 5. The summed E-state index contributed by atoms with van der Waals surface area (Å²) in [6.45, 7) is 6.47. The third-order valence-corrected chi connectivity index (χ3v) is 5.43. The van der Waals surface area contributed by atoms with Crippen LogP contribution in [0.25, 0.3) is 0 Å². The first-order valence-corrected chi connectivity index (χ1v) is 8.73. The number of hydrogen-bond acceptors (Lipinski definition) is 4. The van der Waals surface area contributed by atoms with Crippen LogP contribution in [0.1, 0.15) is 46.6 Å². The van der Waals surface area contributed by atoms with Crippen molar-refractivity contribution in [3.63, 3.8) is 0 Å². The largest absolute Gasteiger partial charge is 0.334 e. The Bertz CT molecular complexity index is 763. The van der Waals surface area contributed by atoms with Crippen LogP contribution in [0, 0.1) is 18.3 Å². The van der Waals surface area contributed by atoms with E-state index in [4.69, 9.17) is 5.26 Å². The molecule has 5 nitrogen and oxygen atoms in total. The molecule has 1 heterocycles. The predicted octanol–water partition coefficient (Wildman–Crippen LogP) is 3.79. The molecule has 0 spiro atoms. The minimum Gasteiger partial charge on any atom is -0.334 e. The molecule has 0 aliphatic heterocycles. The van der Waals surface area contributed by atoms with Crippen molar-refractivity contribution in [1.29, 1.82) is 5.26 Å². The van der Waals surface area contributed by atoms with E-state index in [1.807, 2.05) is 26.0 Å². The maximum atomic E-state index is 12.4. The molecule has 0 fully saturated rings. The summed E-state index contributed by atoms with van der Waals surface area (Å²) in [6, 6.07) is 9.17. The van der Waals surface area contributed by atoms with Gasteiger partial charge < -0.3 is 10.2 Å². The third-order valence-electron chi connectivity index (χ3n) is 3.96. The molecule has 0 bridgehead atoms.